The smallest absolute Gasteiger partial charge is 0.419 e. The van der Waals surface area contributed by atoms with Crippen LogP contribution in [0, 0.1) is 0 Å². The zero-order valence-corrected chi connectivity index (χ0v) is 9.04. The van der Waals surface area contributed by atoms with Crippen molar-refractivity contribution in [3.8, 4) is 0 Å². The molecule has 94 valence electrons. The van der Waals surface area contributed by atoms with Gasteiger partial charge in [0.25, 0.3) is 0 Å². The number of hydrogen-bond acceptors (Lipinski definition) is 3. The molecule has 0 aromatic heterocycles. The Balaban J connectivity index is 2.68. The van der Waals surface area contributed by atoms with E-state index in [-0.39, 0.29) is 6.42 Å². The topological polar surface area (TPSA) is 49.8 Å². The Morgan fingerprint density at radius 3 is 2.31 bits per heavy atom. The van der Waals surface area contributed by atoms with Gasteiger partial charge in [-0.2, -0.15) is 13.2 Å². The van der Waals surface area contributed by atoms with Crippen LogP contribution in [0.25, 0.3) is 0 Å². The number of hydrogen-bond donors (Lipinski definition) is 1. The minimum atomic E-state index is -4.46. The van der Waals surface area contributed by atoms with Gasteiger partial charge in [-0.05, 0) is 6.42 Å². The molecule has 4 nitrogen and oxygen atoms in total. The molecule has 1 aliphatic heterocycles. The van der Waals surface area contributed by atoms with E-state index in [2.05, 4.69) is 4.74 Å². The average molecular weight is 241 g/mol. The summed E-state index contributed by atoms with van der Waals surface area (Å²) in [7, 11) is 0.993. The molecule has 0 bridgehead atoms. The van der Waals surface area contributed by atoms with Crippen molar-refractivity contribution < 1.29 is 27.8 Å². The van der Waals surface area contributed by atoms with Crippen molar-refractivity contribution >= 4 is 5.97 Å². The molecule has 0 aliphatic carbocycles. The van der Waals surface area contributed by atoms with Crippen LogP contribution in [-0.2, 0) is 9.53 Å². The van der Waals surface area contributed by atoms with E-state index < -0.39 is 36.9 Å². The van der Waals surface area contributed by atoms with E-state index in [1.807, 2.05) is 0 Å². The highest BCUT2D eigenvalue weighted by molar-refractivity contribution is 5.73. The molecule has 0 aromatic carbocycles. The number of halogens is 3. The van der Waals surface area contributed by atoms with Crippen LogP contribution in [0.2, 0.25) is 0 Å². The summed E-state index contributed by atoms with van der Waals surface area (Å²) < 4.78 is 42.3. The fraction of sp³-hybridized carbons (Fsp3) is 0.889. The number of rotatable bonds is 4. The fourth-order valence-electron chi connectivity index (χ4n) is 1.84. The summed E-state index contributed by atoms with van der Waals surface area (Å²) in [5, 5.41) is 8.79. The van der Waals surface area contributed by atoms with Crippen molar-refractivity contribution in [1.82, 2.24) is 4.90 Å². The number of carbonyl (C=O) groups is 1. The van der Waals surface area contributed by atoms with Crippen molar-refractivity contribution in [3.63, 3.8) is 0 Å². The maximum atomic E-state index is 12.6. The molecule has 0 spiro atoms. The molecule has 16 heavy (non-hydrogen) atoms. The number of methoxy groups -OCH3 is 1. The van der Waals surface area contributed by atoms with Gasteiger partial charge in [0.2, 0.25) is 0 Å². The highest BCUT2D eigenvalue weighted by Crippen LogP contribution is 2.41. The summed E-state index contributed by atoms with van der Waals surface area (Å²) in [5.74, 6) is -1.10. The van der Waals surface area contributed by atoms with Gasteiger partial charge in [0.15, 0.2) is 5.60 Å². The van der Waals surface area contributed by atoms with Crippen molar-refractivity contribution in [1.29, 1.82) is 0 Å². The summed E-state index contributed by atoms with van der Waals surface area (Å²) in [5.41, 5.74) is -2.20. The van der Waals surface area contributed by atoms with Crippen LogP contribution in [0.5, 0.6) is 0 Å². The van der Waals surface area contributed by atoms with Crippen LogP contribution < -0.4 is 0 Å². The Morgan fingerprint density at radius 2 is 2.06 bits per heavy atom. The molecule has 0 aromatic rings. The molecule has 0 radical (unpaired) electrons. The number of carboxylic acid groups (broad SMARTS) is 1. The van der Waals surface area contributed by atoms with Gasteiger partial charge in [-0.3, -0.25) is 9.69 Å². The van der Waals surface area contributed by atoms with E-state index in [1.165, 1.54) is 4.90 Å². The maximum absolute atomic E-state index is 12.6. The molecule has 0 amide bonds. The normalized spacial score (nSPS) is 22.6. The van der Waals surface area contributed by atoms with E-state index in [4.69, 9.17) is 5.11 Å². The van der Waals surface area contributed by atoms with Crippen molar-refractivity contribution in [2.24, 2.45) is 0 Å². The molecule has 1 rings (SSSR count). The van der Waals surface area contributed by atoms with Crippen molar-refractivity contribution in [2.45, 2.75) is 31.2 Å². The largest absolute Gasteiger partial charge is 0.480 e. The number of carboxylic acids is 1. The first-order valence-electron chi connectivity index (χ1n) is 4.86. The number of aliphatic carboxylic acids is 1. The van der Waals surface area contributed by atoms with E-state index in [1.54, 1.807) is 6.92 Å². The van der Waals surface area contributed by atoms with Gasteiger partial charge in [-0.25, -0.2) is 0 Å². The summed E-state index contributed by atoms with van der Waals surface area (Å²) >= 11 is 0. The standard InChI is InChI=1S/C9H14F3NO3/c1-3-6(7(14)15)13-4-8(5-13,16-2)9(10,11)12/h6H,3-5H2,1-2H3,(H,14,15)/t6-/m0/s1. The predicted octanol–water partition coefficient (Wildman–Crippen LogP) is 1.11. The summed E-state index contributed by atoms with van der Waals surface area (Å²) in [6, 6.07) is -0.870. The average Bonchev–Trinajstić information content (AvgIpc) is 2.07. The van der Waals surface area contributed by atoms with E-state index in [9.17, 15) is 18.0 Å². The summed E-state index contributed by atoms with van der Waals surface area (Å²) in [6.45, 7) is 0.786. The van der Waals surface area contributed by atoms with Crippen LogP contribution in [0.3, 0.4) is 0 Å². The first-order valence-corrected chi connectivity index (χ1v) is 4.86. The molecular weight excluding hydrogens is 227 g/mol. The Kier molecular flexibility index (Phi) is 3.49. The third kappa shape index (κ3) is 2.01. The fourth-order valence-corrected chi connectivity index (χ4v) is 1.84. The first kappa shape index (κ1) is 13.2. The quantitative estimate of drug-likeness (QED) is 0.801. The van der Waals surface area contributed by atoms with Crippen LogP contribution in [0.1, 0.15) is 13.3 Å². The van der Waals surface area contributed by atoms with Crippen LogP contribution in [0.4, 0.5) is 13.2 Å². The first-order chi connectivity index (χ1) is 7.27. The van der Waals surface area contributed by atoms with Crippen molar-refractivity contribution in [2.75, 3.05) is 20.2 Å². The molecule has 1 heterocycles. The predicted molar refractivity (Wildman–Crippen MR) is 49.1 cm³/mol. The Bertz CT molecular complexity index is 274. The Labute approximate surface area is 91.0 Å². The number of ether oxygens (including phenoxy) is 1. The van der Waals surface area contributed by atoms with E-state index >= 15 is 0 Å². The lowest BCUT2D eigenvalue weighted by Crippen LogP contribution is -2.72. The molecule has 7 heteroatoms. The monoisotopic (exact) mass is 241 g/mol. The second kappa shape index (κ2) is 4.21. The van der Waals surface area contributed by atoms with Gasteiger partial charge in [0.1, 0.15) is 6.04 Å². The molecule has 1 atom stereocenters. The summed E-state index contributed by atoms with van der Waals surface area (Å²) in [6.07, 6.45) is -4.19. The second-order valence-corrected chi connectivity index (χ2v) is 3.86. The van der Waals surface area contributed by atoms with Gasteiger partial charge in [-0.1, -0.05) is 6.92 Å². The zero-order valence-electron chi connectivity index (χ0n) is 9.04. The van der Waals surface area contributed by atoms with Crippen molar-refractivity contribution in [3.05, 3.63) is 0 Å². The maximum Gasteiger partial charge on any atom is 0.419 e. The van der Waals surface area contributed by atoms with Gasteiger partial charge >= 0.3 is 12.1 Å². The summed E-state index contributed by atoms with van der Waals surface area (Å²) in [4.78, 5) is 12.0. The van der Waals surface area contributed by atoms with Gasteiger partial charge in [0, 0.05) is 20.2 Å². The Morgan fingerprint density at radius 1 is 1.56 bits per heavy atom. The molecule has 0 saturated carbocycles. The number of alkyl halides is 3. The molecule has 1 fully saturated rings. The zero-order chi connectivity index (χ0) is 12.6. The lowest BCUT2D eigenvalue weighted by Gasteiger charge is -2.51. The number of likely N-dealkylation sites (tertiary alicyclic amines) is 1. The molecule has 1 N–H and O–H groups in total. The van der Waals surface area contributed by atoms with Gasteiger partial charge in [0.05, 0.1) is 0 Å². The lowest BCUT2D eigenvalue weighted by molar-refractivity contribution is -0.314. The molecular formula is C9H14F3NO3. The van der Waals surface area contributed by atoms with Crippen LogP contribution in [-0.4, -0.2) is 54.0 Å². The van der Waals surface area contributed by atoms with Crippen LogP contribution in [0.15, 0.2) is 0 Å². The highest BCUT2D eigenvalue weighted by Gasteiger charge is 2.63. The minimum absolute atomic E-state index is 0.271. The molecule has 0 unspecified atom stereocenters. The number of nitrogens with zero attached hydrogens (tertiary/aromatic N) is 1. The molecule has 1 aliphatic rings. The van der Waals surface area contributed by atoms with E-state index in [0.717, 1.165) is 7.11 Å². The van der Waals surface area contributed by atoms with Gasteiger partial charge < -0.3 is 9.84 Å². The lowest BCUT2D eigenvalue weighted by atomic mass is 9.90. The molecule has 1 saturated heterocycles. The van der Waals surface area contributed by atoms with Crippen LogP contribution >= 0.6 is 0 Å². The third-order valence-electron chi connectivity index (χ3n) is 2.94. The SMILES string of the molecule is CC[C@@H](C(=O)O)N1CC(OC)(C(F)(F)F)C1. The third-order valence-corrected chi connectivity index (χ3v) is 2.94. The van der Waals surface area contributed by atoms with Gasteiger partial charge in [-0.15, -0.1) is 0 Å². The second-order valence-electron chi connectivity index (χ2n) is 3.86. The minimum Gasteiger partial charge on any atom is -0.480 e. The highest BCUT2D eigenvalue weighted by atomic mass is 19.4. The van der Waals surface area contributed by atoms with E-state index in [0.29, 0.717) is 0 Å². The Hall–Kier alpha value is -0.820.